The number of benzene rings is 1. The van der Waals surface area contributed by atoms with Gasteiger partial charge in [-0.2, -0.15) is 5.26 Å². The summed E-state index contributed by atoms with van der Waals surface area (Å²) in [5, 5.41) is 19.5. The molecule has 2 aliphatic rings. The van der Waals surface area contributed by atoms with E-state index in [0.29, 0.717) is 30.0 Å². The molecule has 3 N–H and O–H groups in total. The zero-order valence-corrected chi connectivity index (χ0v) is 18.5. The predicted octanol–water partition coefficient (Wildman–Crippen LogP) is 0.522. The van der Waals surface area contributed by atoms with Gasteiger partial charge in [0.2, 0.25) is 11.8 Å². The Bertz CT molecular complexity index is 1320. The average Bonchev–Trinajstić information content (AvgIpc) is 2.96. The molecule has 0 fully saturated rings. The quantitative estimate of drug-likeness (QED) is 0.673. The average molecular weight is 449 g/mol. The molecule has 10 heteroatoms. The van der Waals surface area contributed by atoms with Crippen LogP contribution in [0.15, 0.2) is 46.6 Å². The summed E-state index contributed by atoms with van der Waals surface area (Å²) >= 11 is 0. The second-order valence-corrected chi connectivity index (χ2v) is 8.29. The highest BCUT2D eigenvalue weighted by molar-refractivity contribution is 6.15. The second kappa shape index (κ2) is 7.79. The minimum atomic E-state index is -1.90. The number of para-hydroxylation sites is 1. The number of carbonyl (C=O) groups is 2. The van der Waals surface area contributed by atoms with Crippen molar-refractivity contribution < 1.29 is 19.4 Å². The van der Waals surface area contributed by atoms with Crippen LogP contribution in [0.5, 0.6) is 5.75 Å². The molecule has 0 saturated heterocycles. The molecule has 4 rings (SSSR count). The first-order valence-electron chi connectivity index (χ1n) is 10.3. The van der Waals surface area contributed by atoms with E-state index in [4.69, 9.17) is 10.5 Å². The summed E-state index contributed by atoms with van der Waals surface area (Å²) in [7, 11) is 3.75. The largest absolute Gasteiger partial charge is 0.480 e. The van der Waals surface area contributed by atoms with Crippen molar-refractivity contribution in [3.63, 3.8) is 0 Å². The van der Waals surface area contributed by atoms with Crippen LogP contribution in [-0.4, -0.2) is 53.6 Å². The molecule has 0 radical (unpaired) electrons. The first kappa shape index (κ1) is 22.1. The molecule has 1 amide bonds. The number of pyridine rings is 1. The number of likely N-dealkylation sites (N-methyl/N-ethyl adjacent to an activating group) is 1. The number of hydrogen-bond donors (Lipinski definition) is 2. The van der Waals surface area contributed by atoms with E-state index in [1.165, 1.54) is 4.57 Å². The van der Waals surface area contributed by atoms with Gasteiger partial charge in [-0.3, -0.25) is 19.3 Å². The number of nitriles is 1. The topological polar surface area (TPSA) is 142 Å². The molecule has 1 unspecified atom stereocenters. The SMILES string of the molecule is Cc1cc2c(c(=O)n1CCN(C)C)C1(C(=O)N(CC(=O)O)c3ccccc31)C(C#N)=C(N)O2. The number of nitrogens with two attached hydrogens (primary N) is 1. The van der Waals surface area contributed by atoms with Crippen molar-refractivity contribution in [3.05, 3.63) is 69.0 Å². The first-order valence-corrected chi connectivity index (χ1v) is 10.3. The highest BCUT2D eigenvalue weighted by Gasteiger charge is 2.61. The van der Waals surface area contributed by atoms with Gasteiger partial charge in [-0.25, -0.2) is 0 Å². The second-order valence-electron chi connectivity index (χ2n) is 8.29. The number of carbonyl (C=O) groups excluding carboxylic acids is 1. The van der Waals surface area contributed by atoms with Crippen LogP contribution in [0, 0.1) is 18.3 Å². The van der Waals surface area contributed by atoms with Crippen molar-refractivity contribution in [2.24, 2.45) is 5.73 Å². The van der Waals surface area contributed by atoms with Crippen LogP contribution < -0.4 is 20.9 Å². The highest BCUT2D eigenvalue weighted by atomic mass is 16.5. The summed E-state index contributed by atoms with van der Waals surface area (Å²) in [6.07, 6.45) is 0. The van der Waals surface area contributed by atoms with Gasteiger partial charge in [-0.05, 0) is 27.1 Å². The number of carboxylic acids is 1. The minimum absolute atomic E-state index is 0.0389. The summed E-state index contributed by atoms with van der Waals surface area (Å²) in [5.41, 5.74) is 4.65. The number of anilines is 1. The molecule has 33 heavy (non-hydrogen) atoms. The minimum Gasteiger partial charge on any atom is -0.480 e. The van der Waals surface area contributed by atoms with E-state index in [9.17, 15) is 24.8 Å². The van der Waals surface area contributed by atoms with Crippen LogP contribution >= 0.6 is 0 Å². The third-order valence-corrected chi connectivity index (χ3v) is 6.03. The van der Waals surface area contributed by atoms with Crippen LogP contribution in [0.25, 0.3) is 0 Å². The number of amides is 1. The Kier molecular flexibility index (Phi) is 5.22. The van der Waals surface area contributed by atoms with Gasteiger partial charge in [0.25, 0.3) is 5.56 Å². The fourth-order valence-electron chi connectivity index (χ4n) is 4.59. The first-order chi connectivity index (χ1) is 15.6. The van der Waals surface area contributed by atoms with Crippen LogP contribution in [-0.2, 0) is 21.5 Å². The third kappa shape index (κ3) is 3.08. The predicted molar refractivity (Wildman–Crippen MR) is 119 cm³/mol. The van der Waals surface area contributed by atoms with Crippen molar-refractivity contribution in [2.75, 3.05) is 32.1 Å². The van der Waals surface area contributed by atoms with Gasteiger partial charge in [0.1, 0.15) is 23.9 Å². The molecule has 1 atom stereocenters. The number of ether oxygens (including phenoxy) is 1. The standard InChI is InChI=1S/C23H23N5O5/c1-13-10-17-19(21(31)27(13)9-8-26(2)3)23(15(11-24)20(25)33-17)14-6-4-5-7-16(14)28(22(23)32)12-18(29)30/h4-7,10H,8-9,12,25H2,1-3H3,(H,29,30). The van der Waals surface area contributed by atoms with E-state index in [-0.39, 0.29) is 22.8 Å². The molecule has 1 aromatic carbocycles. The number of nitrogens with zero attached hydrogens (tertiary/aromatic N) is 4. The van der Waals surface area contributed by atoms with E-state index in [1.54, 1.807) is 37.3 Å². The van der Waals surface area contributed by atoms with Crippen molar-refractivity contribution in [3.8, 4) is 11.8 Å². The number of rotatable bonds is 5. The van der Waals surface area contributed by atoms with Crippen molar-refractivity contribution in [2.45, 2.75) is 18.9 Å². The Morgan fingerprint density at radius 3 is 2.64 bits per heavy atom. The van der Waals surface area contributed by atoms with Gasteiger partial charge in [0.15, 0.2) is 5.41 Å². The molecule has 0 bridgehead atoms. The molecule has 10 nitrogen and oxygen atoms in total. The Morgan fingerprint density at radius 1 is 1.30 bits per heavy atom. The van der Waals surface area contributed by atoms with Gasteiger partial charge in [0, 0.05) is 36.1 Å². The van der Waals surface area contributed by atoms with Gasteiger partial charge >= 0.3 is 5.97 Å². The number of fused-ring (bicyclic) bond motifs is 4. The number of hydrogen-bond acceptors (Lipinski definition) is 7. The van der Waals surface area contributed by atoms with Gasteiger partial charge in [-0.1, -0.05) is 18.2 Å². The van der Waals surface area contributed by atoms with E-state index >= 15 is 0 Å². The molecule has 1 aromatic heterocycles. The zero-order valence-electron chi connectivity index (χ0n) is 18.5. The number of carboxylic acid groups (broad SMARTS) is 1. The maximum atomic E-state index is 14.0. The fraction of sp³-hybridized carbons (Fsp3) is 0.304. The Labute approximate surface area is 189 Å². The highest BCUT2D eigenvalue weighted by Crippen LogP contribution is 2.54. The summed E-state index contributed by atoms with van der Waals surface area (Å²) < 4.78 is 7.19. The van der Waals surface area contributed by atoms with Crippen molar-refractivity contribution in [1.29, 1.82) is 5.26 Å². The fourth-order valence-corrected chi connectivity index (χ4v) is 4.59. The van der Waals surface area contributed by atoms with Crippen molar-refractivity contribution in [1.82, 2.24) is 9.47 Å². The molecular formula is C23H23N5O5. The van der Waals surface area contributed by atoms with Gasteiger partial charge < -0.3 is 25.0 Å². The lowest BCUT2D eigenvalue weighted by molar-refractivity contribution is -0.136. The lowest BCUT2D eigenvalue weighted by Gasteiger charge is -2.34. The molecule has 0 saturated carbocycles. The molecule has 0 aliphatic carbocycles. The summed E-state index contributed by atoms with van der Waals surface area (Å²) in [4.78, 5) is 42.4. The lowest BCUT2D eigenvalue weighted by atomic mass is 9.69. The molecule has 2 aromatic rings. The molecule has 170 valence electrons. The monoisotopic (exact) mass is 449 g/mol. The summed E-state index contributed by atoms with van der Waals surface area (Å²) in [5.74, 6) is -2.17. The Balaban J connectivity index is 2.10. The van der Waals surface area contributed by atoms with Gasteiger partial charge in [-0.15, -0.1) is 0 Å². The third-order valence-electron chi connectivity index (χ3n) is 6.03. The smallest absolute Gasteiger partial charge is 0.323 e. The maximum Gasteiger partial charge on any atom is 0.323 e. The summed E-state index contributed by atoms with van der Waals surface area (Å²) in [6.45, 7) is 2.02. The Morgan fingerprint density at radius 2 is 2.00 bits per heavy atom. The van der Waals surface area contributed by atoms with E-state index in [2.05, 4.69) is 0 Å². The number of aliphatic carboxylic acids is 1. The van der Waals surface area contributed by atoms with E-state index in [0.717, 1.165) is 4.90 Å². The van der Waals surface area contributed by atoms with Crippen LogP contribution in [0.2, 0.25) is 0 Å². The number of aryl methyl sites for hydroxylation is 1. The lowest BCUT2D eigenvalue weighted by Crippen LogP contribution is -2.50. The maximum absolute atomic E-state index is 14.0. The summed E-state index contributed by atoms with van der Waals surface area (Å²) in [6, 6.07) is 10.1. The molecule has 1 spiro atoms. The van der Waals surface area contributed by atoms with Crippen LogP contribution in [0.4, 0.5) is 5.69 Å². The molecule has 2 aliphatic heterocycles. The van der Waals surface area contributed by atoms with Crippen LogP contribution in [0.3, 0.4) is 0 Å². The van der Waals surface area contributed by atoms with Crippen LogP contribution in [0.1, 0.15) is 16.8 Å². The molecular weight excluding hydrogens is 426 g/mol. The van der Waals surface area contributed by atoms with E-state index < -0.39 is 29.4 Å². The van der Waals surface area contributed by atoms with Gasteiger partial charge in [0.05, 0.1) is 5.56 Å². The Hall–Kier alpha value is -4.10. The van der Waals surface area contributed by atoms with E-state index in [1.807, 2.05) is 25.1 Å². The zero-order chi connectivity index (χ0) is 24.1. The number of aromatic nitrogens is 1. The normalized spacial score (nSPS) is 18.9. The molecule has 3 heterocycles. The van der Waals surface area contributed by atoms with Crippen molar-refractivity contribution >= 4 is 17.6 Å².